The lowest BCUT2D eigenvalue weighted by atomic mass is 10.2. The molecule has 0 aliphatic rings. The van der Waals surface area contributed by atoms with Crippen molar-refractivity contribution in [3.8, 4) is 0 Å². The van der Waals surface area contributed by atoms with Gasteiger partial charge < -0.3 is 9.67 Å². The van der Waals surface area contributed by atoms with Crippen LogP contribution in [0, 0.1) is 6.92 Å². The quantitative estimate of drug-likeness (QED) is 0.790. The average Bonchev–Trinajstić information content (AvgIpc) is 2.09. The summed E-state index contributed by atoms with van der Waals surface area (Å²) in [6.45, 7) is 4.52. The number of carbonyl (C=O) groups is 1. The molecule has 0 saturated heterocycles. The van der Waals surface area contributed by atoms with Crippen LogP contribution in [-0.2, 0) is 6.54 Å². The SMILES string of the molecule is CCCn1cc(C(=O)O)c(=O)cc1C. The zero-order valence-corrected chi connectivity index (χ0v) is 8.28. The van der Waals surface area contributed by atoms with Crippen molar-refractivity contribution in [2.75, 3.05) is 0 Å². The maximum atomic E-state index is 11.2. The first-order valence-electron chi connectivity index (χ1n) is 4.50. The third-order valence-corrected chi connectivity index (χ3v) is 2.04. The van der Waals surface area contributed by atoms with Gasteiger partial charge in [-0.25, -0.2) is 4.79 Å². The lowest BCUT2D eigenvalue weighted by Gasteiger charge is -2.09. The Bertz CT molecular complexity index is 406. The molecule has 14 heavy (non-hydrogen) atoms. The summed E-state index contributed by atoms with van der Waals surface area (Å²) in [6.07, 6.45) is 2.31. The van der Waals surface area contributed by atoms with Gasteiger partial charge in [-0.3, -0.25) is 4.79 Å². The molecular formula is C10H13NO3. The van der Waals surface area contributed by atoms with Gasteiger partial charge in [0.2, 0.25) is 0 Å². The van der Waals surface area contributed by atoms with E-state index in [1.807, 2.05) is 6.92 Å². The number of hydrogen-bond acceptors (Lipinski definition) is 2. The Balaban J connectivity index is 3.27. The Morgan fingerprint density at radius 2 is 2.21 bits per heavy atom. The molecule has 1 N–H and O–H groups in total. The van der Waals surface area contributed by atoms with Crippen LogP contribution in [0.3, 0.4) is 0 Å². The number of aryl methyl sites for hydroxylation is 2. The molecule has 0 unspecified atom stereocenters. The van der Waals surface area contributed by atoms with E-state index >= 15 is 0 Å². The first-order chi connectivity index (χ1) is 6.56. The lowest BCUT2D eigenvalue weighted by Crippen LogP contribution is -2.18. The van der Waals surface area contributed by atoms with E-state index in [0.717, 1.165) is 18.7 Å². The molecule has 1 heterocycles. The molecule has 0 aliphatic heterocycles. The zero-order chi connectivity index (χ0) is 10.7. The molecule has 0 aliphatic carbocycles. The molecule has 0 spiro atoms. The normalized spacial score (nSPS) is 10.1. The number of aromatic carboxylic acids is 1. The van der Waals surface area contributed by atoms with Crippen LogP contribution in [0.5, 0.6) is 0 Å². The Morgan fingerprint density at radius 1 is 1.57 bits per heavy atom. The summed E-state index contributed by atoms with van der Waals surface area (Å²) in [6, 6.07) is 1.36. The van der Waals surface area contributed by atoms with Gasteiger partial charge in [-0.1, -0.05) is 6.92 Å². The predicted molar refractivity (Wildman–Crippen MR) is 52.7 cm³/mol. The first-order valence-corrected chi connectivity index (χ1v) is 4.50. The summed E-state index contributed by atoms with van der Waals surface area (Å²) in [5.74, 6) is -1.17. The van der Waals surface area contributed by atoms with Gasteiger partial charge >= 0.3 is 5.97 Å². The van der Waals surface area contributed by atoms with Crippen LogP contribution in [0.2, 0.25) is 0 Å². The standard InChI is InChI=1S/C10H13NO3/c1-3-4-11-6-8(10(13)14)9(12)5-7(11)2/h5-6H,3-4H2,1-2H3,(H,13,14). The van der Waals surface area contributed by atoms with Gasteiger partial charge in [0.05, 0.1) is 0 Å². The van der Waals surface area contributed by atoms with Crippen molar-refractivity contribution in [1.82, 2.24) is 4.57 Å². The minimum Gasteiger partial charge on any atom is -0.477 e. The number of hydrogen-bond donors (Lipinski definition) is 1. The maximum Gasteiger partial charge on any atom is 0.341 e. The van der Waals surface area contributed by atoms with E-state index in [4.69, 9.17) is 5.11 Å². The first kappa shape index (κ1) is 10.5. The summed E-state index contributed by atoms with van der Waals surface area (Å²) in [5.41, 5.74) is 0.202. The third kappa shape index (κ3) is 2.02. The second kappa shape index (κ2) is 4.09. The van der Waals surface area contributed by atoms with Gasteiger partial charge in [0.1, 0.15) is 5.56 Å². The van der Waals surface area contributed by atoms with Crippen molar-refractivity contribution in [3.63, 3.8) is 0 Å². The Hall–Kier alpha value is -1.58. The van der Waals surface area contributed by atoms with Crippen LogP contribution >= 0.6 is 0 Å². The topological polar surface area (TPSA) is 59.3 Å². The van der Waals surface area contributed by atoms with Crippen LogP contribution in [0.1, 0.15) is 29.4 Å². The molecule has 1 aromatic rings. The van der Waals surface area contributed by atoms with Gasteiger partial charge in [0.25, 0.3) is 0 Å². The fourth-order valence-electron chi connectivity index (χ4n) is 1.31. The van der Waals surface area contributed by atoms with E-state index in [1.54, 1.807) is 11.5 Å². The van der Waals surface area contributed by atoms with E-state index < -0.39 is 11.4 Å². The van der Waals surface area contributed by atoms with Crippen LogP contribution in [0.15, 0.2) is 17.1 Å². The number of rotatable bonds is 3. The summed E-state index contributed by atoms with van der Waals surface area (Å²) in [4.78, 5) is 21.9. The molecule has 0 atom stereocenters. The summed E-state index contributed by atoms with van der Waals surface area (Å²) < 4.78 is 1.78. The van der Waals surface area contributed by atoms with Gasteiger partial charge in [-0.15, -0.1) is 0 Å². The van der Waals surface area contributed by atoms with Crippen molar-refractivity contribution in [3.05, 3.63) is 33.7 Å². The molecule has 76 valence electrons. The van der Waals surface area contributed by atoms with Crippen LogP contribution in [0.25, 0.3) is 0 Å². The maximum absolute atomic E-state index is 11.2. The Kier molecular flexibility index (Phi) is 3.06. The monoisotopic (exact) mass is 195 g/mol. The summed E-state index contributed by atoms with van der Waals surface area (Å²) in [7, 11) is 0. The molecule has 4 heteroatoms. The van der Waals surface area contributed by atoms with Gasteiger partial charge in [-0.2, -0.15) is 0 Å². The molecule has 0 saturated carbocycles. The fourth-order valence-corrected chi connectivity index (χ4v) is 1.31. The van der Waals surface area contributed by atoms with E-state index in [-0.39, 0.29) is 5.56 Å². The lowest BCUT2D eigenvalue weighted by molar-refractivity contribution is 0.0694. The van der Waals surface area contributed by atoms with E-state index in [1.165, 1.54) is 12.3 Å². The largest absolute Gasteiger partial charge is 0.477 e. The zero-order valence-electron chi connectivity index (χ0n) is 8.28. The van der Waals surface area contributed by atoms with Gasteiger partial charge in [0, 0.05) is 24.5 Å². The highest BCUT2D eigenvalue weighted by Crippen LogP contribution is 2.00. The van der Waals surface area contributed by atoms with Crippen molar-refractivity contribution in [2.24, 2.45) is 0 Å². The van der Waals surface area contributed by atoms with Crippen molar-refractivity contribution in [1.29, 1.82) is 0 Å². The highest BCUT2D eigenvalue weighted by atomic mass is 16.4. The summed E-state index contributed by atoms with van der Waals surface area (Å²) in [5, 5.41) is 8.74. The number of carboxylic acids is 1. The van der Waals surface area contributed by atoms with E-state index in [9.17, 15) is 9.59 Å². The number of aromatic nitrogens is 1. The predicted octanol–water partition coefficient (Wildman–Crippen LogP) is 1.26. The Labute approximate surface area is 81.8 Å². The van der Waals surface area contributed by atoms with Gasteiger partial charge in [-0.05, 0) is 13.3 Å². The highest BCUT2D eigenvalue weighted by Gasteiger charge is 2.09. The third-order valence-electron chi connectivity index (χ3n) is 2.04. The minimum atomic E-state index is -1.17. The number of nitrogens with zero attached hydrogens (tertiary/aromatic N) is 1. The molecule has 0 amide bonds. The smallest absolute Gasteiger partial charge is 0.341 e. The molecule has 1 aromatic heterocycles. The molecule has 0 aromatic carbocycles. The fraction of sp³-hybridized carbons (Fsp3) is 0.400. The second-order valence-electron chi connectivity index (χ2n) is 3.19. The van der Waals surface area contributed by atoms with Crippen LogP contribution < -0.4 is 5.43 Å². The molecular weight excluding hydrogens is 182 g/mol. The van der Waals surface area contributed by atoms with E-state index in [2.05, 4.69) is 0 Å². The molecule has 0 fully saturated rings. The second-order valence-corrected chi connectivity index (χ2v) is 3.19. The van der Waals surface area contributed by atoms with Crippen molar-refractivity contribution >= 4 is 5.97 Å². The highest BCUT2D eigenvalue weighted by molar-refractivity contribution is 5.87. The minimum absolute atomic E-state index is 0.163. The van der Waals surface area contributed by atoms with Crippen LogP contribution in [-0.4, -0.2) is 15.6 Å². The summed E-state index contributed by atoms with van der Waals surface area (Å²) >= 11 is 0. The average molecular weight is 195 g/mol. The van der Waals surface area contributed by atoms with E-state index in [0.29, 0.717) is 0 Å². The molecule has 1 rings (SSSR count). The van der Waals surface area contributed by atoms with Crippen molar-refractivity contribution < 1.29 is 9.90 Å². The van der Waals surface area contributed by atoms with Gasteiger partial charge in [0.15, 0.2) is 5.43 Å². The molecule has 4 nitrogen and oxygen atoms in total. The molecule has 0 radical (unpaired) electrons. The number of pyridine rings is 1. The van der Waals surface area contributed by atoms with Crippen molar-refractivity contribution in [2.45, 2.75) is 26.8 Å². The molecule has 0 bridgehead atoms. The number of carboxylic acid groups (broad SMARTS) is 1. The Morgan fingerprint density at radius 3 is 2.71 bits per heavy atom. The van der Waals surface area contributed by atoms with Crippen LogP contribution in [0.4, 0.5) is 0 Å².